The first kappa shape index (κ1) is 22.9. The molecule has 172 valence electrons. The van der Waals surface area contributed by atoms with Crippen molar-refractivity contribution in [2.24, 2.45) is 64.1 Å². The van der Waals surface area contributed by atoms with Crippen molar-refractivity contribution in [3.8, 4) is 0 Å². The van der Waals surface area contributed by atoms with Crippen LogP contribution in [-0.4, -0.2) is 11.7 Å². The lowest BCUT2D eigenvalue weighted by molar-refractivity contribution is -0.0956. The molecule has 0 bridgehead atoms. The third-order valence-electron chi connectivity index (χ3n) is 11.5. The van der Waals surface area contributed by atoms with Gasteiger partial charge in [-0.25, -0.2) is 0 Å². The molecule has 4 aliphatic rings. The van der Waals surface area contributed by atoms with Crippen LogP contribution in [0.25, 0.3) is 0 Å². The predicted molar refractivity (Wildman–Crippen MR) is 128 cm³/mol. The summed E-state index contributed by atoms with van der Waals surface area (Å²) >= 11 is 0. The van der Waals surface area contributed by atoms with Gasteiger partial charge in [-0.3, -0.25) is 0 Å². The summed E-state index contributed by atoms with van der Waals surface area (Å²) < 4.78 is 0. The molecule has 0 aromatic rings. The Kier molecular flexibility index (Phi) is 6.53. The van der Waals surface area contributed by atoms with Gasteiger partial charge in [0.25, 0.3) is 0 Å². The van der Waals surface area contributed by atoms with Gasteiger partial charge >= 0.3 is 0 Å². The van der Waals surface area contributed by atoms with Crippen LogP contribution >= 0.6 is 0 Å². The summed E-state index contributed by atoms with van der Waals surface area (Å²) in [7, 11) is 0. The van der Waals surface area contributed by atoms with Crippen LogP contribution in [0, 0.1) is 64.1 Å². The van der Waals surface area contributed by atoms with E-state index in [-0.39, 0.29) is 0 Å². The van der Waals surface area contributed by atoms with E-state index in [1.807, 2.05) is 0 Å². The lowest BCUT2D eigenvalue weighted by Gasteiger charge is -2.58. The van der Waals surface area contributed by atoms with Crippen molar-refractivity contribution in [2.75, 3.05) is 6.61 Å². The van der Waals surface area contributed by atoms with Gasteiger partial charge in [0.1, 0.15) is 0 Å². The fourth-order valence-electron chi connectivity index (χ4n) is 9.73. The Bertz CT molecular complexity index is 622. The molecule has 4 saturated carbocycles. The van der Waals surface area contributed by atoms with Crippen LogP contribution in [0.4, 0.5) is 0 Å². The van der Waals surface area contributed by atoms with E-state index < -0.39 is 0 Å². The van der Waals surface area contributed by atoms with Gasteiger partial charge in [-0.15, -0.1) is 0 Å². The standard InChI is InChI=1S/C29H50O/c1-7-21(19(2)3)9-8-20(4)24-12-13-26-23-10-11-25-22(18-30)14-16-29(25,6)27(23)15-17-28(24,26)5/h8-9,19-27,30H,7,10-18H2,1-6H3/b9-8-/t20-,21?,22-,23?,24?,25+,26?,27?,28-,29+/m1/s1. The van der Waals surface area contributed by atoms with Crippen molar-refractivity contribution >= 4 is 0 Å². The molecule has 4 fully saturated rings. The molecular weight excluding hydrogens is 364 g/mol. The normalized spacial score (nSPS) is 47.9. The molecule has 1 N–H and O–H groups in total. The summed E-state index contributed by atoms with van der Waals surface area (Å²) in [4.78, 5) is 0. The molecule has 0 aromatic carbocycles. The number of hydrogen-bond donors (Lipinski definition) is 1. The van der Waals surface area contributed by atoms with Crippen molar-refractivity contribution in [1.82, 2.24) is 0 Å². The minimum absolute atomic E-state index is 0.430. The van der Waals surface area contributed by atoms with Gasteiger partial charge < -0.3 is 5.11 Å². The molecule has 0 amide bonds. The maximum absolute atomic E-state index is 9.94. The zero-order valence-corrected chi connectivity index (χ0v) is 20.9. The molecule has 0 saturated heterocycles. The molecule has 0 radical (unpaired) electrons. The zero-order chi connectivity index (χ0) is 21.7. The minimum Gasteiger partial charge on any atom is -0.396 e. The summed E-state index contributed by atoms with van der Waals surface area (Å²) in [5.74, 6) is 7.34. The summed E-state index contributed by atoms with van der Waals surface area (Å²) in [6, 6.07) is 0. The van der Waals surface area contributed by atoms with E-state index in [9.17, 15) is 5.11 Å². The molecule has 10 atom stereocenters. The van der Waals surface area contributed by atoms with E-state index in [0.29, 0.717) is 23.4 Å². The maximum Gasteiger partial charge on any atom is 0.0462 e. The summed E-state index contributed by atoms with van der Waals surface area (Å²) in [6.45, 7) is 15.4. The molecule has 0 heterocycles. The van der Waals surface area contributed by atoms with E-state index >= 15 is 0 Å². The van der Waals surface area contributed by atoms with Crippen LogP contribution in [0.15, 0.2) is 12.2 Å². The molecule has 0 aromatic heterocycles. The first-order chi connectivity index (χ1) is 14.3. The third-order valence-corrected chi connectivity index (χ3v) is 11.5. The third kappa shape index (κ3) is 3.54. The van der Waals surface area contributed by atoms with Gasteiger partial charge in [0.2, 0.25) is 0 Å². The first-order valence-corrected chi connectivity index (χ1v) is 13.5. The zero-order valence-electron chi connectivity index (χ0n) is 20.9. The Hall–Kier alpha value is -0.300. The van der Waals surface area contributed by atoms with E-state index in [4.69, 9.17) is 0 Å². The van der Waals surface area contributed by atoms with E-state index in [1.165, 1.54) is 57.8 Å². The molecule has 5 unspecified atom stereocenters. The van der Waals surface area contributed by atoms with Gasteiger partial charge in [-0.1, -0.05) is 53.7 Å². The lowest BCUT2D eigenvalue weighted by atomic mass is 9.47. The molecule has 1 heteroatoms. The number of aliphatic hydroxyl groups excluding tert-OH is 1. The highest BCUT2D eigenvalue weighted by molar-refractivity contribution is 5.12. The fourth-order valence-corrected chi connectivity index (χ4v) is 9.73. The van der Waals surface area contributed by atoms with Crippen LogP contribution in [-0.2, 0) is 0 Å². The second-order valence-electron chi connectivity index (χ2n) is 12.8. The second kappa shape index (κ2) is 8.57. The first-order valence-electron chi connectivity index (χ1n) is 13.5. The van der Waals surface area contributed by atoms with Gasteiger partial charge in [0.05, 0.1) is 0 Å². The predicted octanol–water partition coefficient (Wildman–Crippen LogP) is 7.74. The van der Waals surface area contributed by atoms with Crippen LogP contribution in [0.3, 0.4) is 0 Å². The highest BCUT2D eigenvalue weighted by atomic mass is 16.3. The molecule has 0 aliphatic heterocycles. The van der Waals surface area contributed by atoms with Gasteiger partial charge in [-0.05, 0) is 122 Å². The average molecular weight is 415 g/mol. The number of aliphatic hydroxyl groups is 1. The minimum atomic E-state index is 0.430. The fraction of sp³-hybridized carbons (Fsp3) is 0.931. The molecule has 4 aliphatic carbocycles. The van der Waals surface area contributed by atoms with Crippen LogP contribution in [0.5, 0.6) is 0 Å². The summed E-state index contributed by atoms with van der Waals surface area (Å²) in [5.41, 5.74) is 1.08. The number of hydrogen-bond acceptors (Lipinski definition) is 1. The van der Waals surface area contributed by atoms with Crippen molar-refractivity contribution in [2.45, 2.75) is 99.3 Å². The summed E-state index contributed by atoms with van der Waals surface area (Å²) in [5, 5.41) is 9.94. The van der Waals surface area contributed by atoms with Crippen molar-refractivity contribution < 1.29 is 5.11 Å². The maximum atomic E-state index is 9.94. The molecule has 1 nitrogen and oxygen atoms in total. The average Bonchev–Trinajstić information content (AvgIpc) is 3.24. The second-order valence-corrected chi connectivity index (χ2v) is 12.8. The molecular formula is C29H50O. The summed E-state index contributed by atoms with van der Waals surface area (Å²) in [6.07, 6.45) is 17.8. The van der Waals surface area contributed by atoms with E-state index in [1.54, 1.807) is 0 Å². The van der Waals surface area contributed by atoms with E-state index in [0.717, 1.165) is 47.3 Å². The largest absolute Gasteiger partial charge is 0.396 e. The van der Waals surface area contributed by atoms with Gasteiger partial charge in [-0.2, -0.15) is 0 Å². The molecule has 30 heavy (non-hydrogen) atoms. The van der Waals surface area contributed by atoms with Crippen LogP contribution in [0.2, 0.25) is 0 Å². The Morgan fingerprint density at radius 3 is 2.17 bits per heavy atom. The number of fused-ring (bicyclic) bond motifs is 5. The Morgan fingerprint density at radius 1 is 0.833 bits per heavy atom. The van der Waals surface area contributed by atoms with Crippen molar-refractivity contribution in [3.63, 3.8) is 0 Å². The SMILES string of the molecule is CCC(/C=C\[C@@H](C)C1CCC2C3CC[C@H]4[C@@H](CO)CC[C@]4(C)C3CC[C@@]21C)C(C)C. The highest BCUT2D eigenvalue weighted by Gasteiger charge is 2.61. The Balaban J connectivity index is 1.50. The Labute approximate surface area is 187 Å². The van der Waals surface area contributed by atoms with Crippen LogP contribution in [0.1, 0.15) is 99.3 Å². The monoisotopic (exact) mass is 414 g/mol. The van der Waals surface area contributed by atoms with Gasteiger partial charge in [0.15, 0.2) is 0 Å². The Morgan fingerprint density at radius 2 is 1.50 bits per heavy atom. The number of allylic oxidation sites excluding steroid dienone is 2. The highest BCUT2D eigenvalue weighted by Crippen LogP contribution is 2.69. The topological polar surface area (TPSA) is 20.2 Å². The number of rotatable bonds is 6. The van der Waals surface area contributed by atoms with Crippen LogP contribution < -0.4 is 0 Å². The lowest BCUT2D eigenvalue weighted by Crippen LogP contribution is -2.51. The molecule has 4 rings (SSSR count). The quantitative estimate of drug-likeness (QED) is 0.441. The van der Waals surface area contributed by atoms with E-state index in [2.05, 4.69) is 53.7 Å². The van der Waals surface area contributed by atoms with Crippen molar-refractivity contribution in [3.05, 3.63) is 12.2 Å². The van der Waals surface area contributed by atoms with Crippen molar-refractivity contribution in [1.29, 1.82) is 0 Å². The van der Waals surface area contributed by atoms with Gasteiger partial charge in [0, 0.05) is 6.61 Å². The smallest absolute Gasteiger partial charge is 0.0462 e. The molecule has 0 spiro atoms.